The number of benzene rings is 1. The maximum Gasteiger partial charge on any atom is 0.258 e. The van der Waals surface area contributed by atoms with E-state index in [1.54, 1.807) is 4.90 Å². The van der Waals surface area contributed by atoms with Gasteiger partial charge in [0.2, 0.25) is 0 Å². The monoisotopic (exact) mass is 205 g/mol. The molecular formula is C12H15NO2. The molecule has 0 aliphatic carbocycles. The molecule has 1 fully saturated rings. The van der Waals surface area contributed by atoms with Crippen LogP contribution in [0.2, 0.25) is 0 Å². The summed E-state index contributed by atoms with van der Waals surface area (Å²) in [5, 5.41) is 0. The number of carbonyl (C=O) groups is 1. The molecule has 3 nitrogen and oxygen atoms in total. The van der Waals surface area contributed by atoms with Gasteiger partial charge in [0.25, 0.3) is 5.91 Å². The summed E-state index contributed by atoms with van der Waals surface area (Å²) in [7, 11) is 0. The van der Waals surface area contributed by atoms with Crippen molar-refractivity contribution >= 4 is 5.91 Å². The Kier molecular flexibility index (Phi) is 2.73. The van der Waals surface area contributed by atoms with Crippen molar-refractivity contribution in [2.45, 2.75) is 26.2 Å². The standard InChI is InChI=1S/C12H15NO2/c1-3-13-9(2)15-11(12(13)14)10-7-5-4-6-8-10/h4-9,11H,3H2,1-2H3/t9-,11+/m1/s1. The van der Waals surface area contributed by atoms with E-state index in [2.05, 4.69) is 0 Å². The third kappa shape index (κ3) is 1.75. The molecule has 15 heavy (non-hydrogen) atoms. The Balaban J connectivity index is 2.23. The van der Waals surface area contributed by atoms with E-state index in [1.165, 1.54) is 0 Å². The number of hydrogen-bond acceptors (Lipinski definition) is 2. The first kappa shape index (κ1) is 10.2. The summed E-state index contributed by atoms with van der Waals surface area (Å²) < 4.78 is 5.64. The minimum Gasteiger partial charge on any atom is -0.341 e. The van der Waals surface area contributed by atoms with E-state index in [9.17, 15) is 4.79 Å². The van der Waals surface area contributed by atoms with Gasteiger partial charge < -0.3 is 9.64 Å². The highest BCUT2D eigenvalue weighted by Crippen LogP contribution is 2.29. The molecule has 1 aliphatic rings. The first-order chi connectivity index (χ1) is 7.24. The number of carbonyl (C=O) groups excluding carboxylic acids is 1. The predicted molar refractivity (Wildman–Crippen MR) is 57.1 cm³/mol. The van der Waals surface area contributed by atoms with Crippen molar-refractivity contribution in [3.63, 3.8) is 0 Å². The lowest BCUT2D eigenvalue weighted by Gasteiger charge is -2.16. The summed E-state index contributed by atoms with van der Waals surface area (Å²) in [6.45, 7) is 4.57. The molecule has 0 N–H and O–H groups in total. The Labute approximate surface area is 89.7 Å². The molecule has 1 aromatic rings. The van der Waals surface area contributed by atoms with E-state index in [0.717, 1.165) is 5.56 Å². The summed E-state index contributed by atoms with van der Waals surface area (Å²) in [6, 6.07) is 9.63. The van der Waals surface area contributed by atoms with Crippen LogP contribution in [0.25, 0.3) is 0 Å². The molecule has 2 rings (SSSR count). The summed E-state index contributed by atoms with van der Waals surface area (Å²) in [5.41, 5.74) is 0.935. The van der Waals surface area contributed by atoms with E-state index < -0.39 is 6.10 Å². The maximum absolute atomic E-state index is 11.9. The largest absolute Gasteiger partial charge is 0.341 e. The Morgan fingerprint density at radius 1 is 1.33 bits per heavy atom. The predicted octanol–water partition coefficient (Wildman–Crippen LogP) is 1.95. The fourth-order valence-corrected chi connectivity index (χ4v) is 1.92. The maximum atomic E-state index is 11.9. The highest BCUT2D eigenvalue weighted by atomic mass is 16.5. The molecule has 80 valence electrons. The summed E-state index contributed by atoms with van der Waals surface area (Å²) in [6.07, 6.45) is -0.533. The number of rotatable bonds is 2. The third-order valence-electron chi connectivity index (χ3n) is 2.72. The molecule has 0 unspecified atom stereocenters. The molecule has 2 atom stereocenters. The lowest BCUT2D eigenvalue weighted by molar-refractivity contribution is -0.130. The second-order valence-corrected chi connectivity index (χ2v) is 3.65. The van der Waals surface area contributed by atoms with Crippen LogP contribution in [-0.4, -0.2) is 23.6 Å². The van der Waals surface area contributed by atoms with Gasteiger partial charge >= 0.3 is 0 Å². The van der Waals surface area contributed by atoms with Gasteiger partial charge in [-0.25, -0.2) is 0 Å². The van der Waals surface area contributed by atoms with Crippen molar-refractivity contribution in [2.75, 3.05) is 6.54 Å². The molecular weight excluding hydrogens is 190 g/mol. The zero-order valence-corrected chi connectivity index (χ0v) is 9.01. The van der Waals surface area contributed by atoms with Gasteiger partial charge in [0, 0.05) is 6.54 Å². The summed E-state index contributed by atoms with van der Waals surface area (Å²) in [5.74, 6) is 0.0659. The summed E-state index contributed by atoms with van der Waals surface area (Å²) in [4.78, 5) is 13.7. The van der Waals surface area contributed by atoms with Crippen LogP contribution in [0.3, 0.4) is 0 Å². The van der Waals surface area contributed by atoms with Crippen molar-refractivity contribution in [2.24, 2.45) is 0 Å². The molecule has 1 saturated heterocycles. The number of amides is 1. The van der Waals surface area contributed by atoms with Crippen LogP contribution in [-0.2, 0) is 9.53 Å². The second-order valence-electron chi connectivity index (χ2n) is 3.65. The minimum absolute atomic E-state index is 0.0659. The van der Waals surface area contributed by atoms with Gasteiger partial charge in [0.1, 0.15) is 6.23 Å². The number of likely N-dealkylation sites (N-methyl/N-ethyl adjacent to an activating group) is 1. The molecule has 1 heterocycles. The molecule has 0 aromatic heterocycles. The molecule has 0 radical (unpaired) electrons. The van der Waals surface area contributed by atoms with Crippen LogP contribution in [0.4, 0.5) is 0 Å². The van der Waals surface area contributed by atoms with Gasteiger partial charge in [-0.05, 0) is 19.4 Å². The Hall–Kier alpha value is -1.35. The zero-order valence-electron chi connectivity index (χ0n) is 9.01. The van der Waals surface area contributed by atoms with Crippen LogP contribution in [0.1, 0.15) is 25.5 Å². The van der Waals surface area contributed by atoms with Gasteiger partial charge in [-0.2, -0.15) is 0 Å². The molecule has 0 bridgehead atoms. The second kappa shape index (κ2) is 4.03. The Morgan fingerprint density at radius 2 is 2.00 bits per heavy atom. The smallest absolute Gasteiger partial charge is 0.258 e. The molecule has 1 aromatic carbocycles. The number of hydrogen-bond donors (Lipinski definition) is 0. The highest BCUT2D eigenvalue weighted by Gasteiger charge is 2.37. The van der Waals surface area contributed by atoms with Crippen LogP contribution < -0.4 is 0 Å². The van der Waals surface area contributed by atoms with E-state index in [4.69, 9.17) is 4.74 Å². The van der Waals surface area contributed by atoms with Crippen molar-refractivity contribution in [3.05, 3.63) is 35.9 Å². The number of nitrogens with zero attached hydrogens (tertiary/aromatic N) is 1. The van der Waals surface area contributed by atoms with Gasteiger partial charge in [0.05, 0.1) is 0 Å². The van der Waals surface area contributed by atoms with E-state index in [1.807, 2.05) is 44.2 Å². The van der Waals surface area contributed by atoms with Gasteiger partial charge in [0.15, 0.2) is 6.10 Å². The van der Waals surface area contributed by atoms with Crippen molar-refractivity contribution < 1.29 is 9.53 Å². The first-order valence-electron chi connectivity index (χ1n) is 5.25. The Bertz CT molecular complexity index is 350. The molecule has 3 heteroatoms. The molecule has 0 spiro atoms. The first-order valence-corrected chi connectivity index (χ1v) is 5.25. The van der Waals surface area contributed by atoms with Gasteiger partial charge in [-0.15, -0.1) is 0 Å². The van der Waals surface area contributed by atoms with E-state index in [0.29, 0.717) is 6.54 Å². The minimum atomic E-state index is -0.416. The number of ether oxygens (including phenoxy) is 1. The van der Waals surface area contributed by atoms with Crippen molar-refractivity contribution in [3.8, 4) is 0 Å². The van der Waals surface area contributed by atoms with Crippen LogP contribution >= 0.6 is 0 Å². The van der Waals surface area contributed by atoms with Gasteiger partial charge in [-0.1, -0.05) is 30.3 Å². The fraction of sp³-hybridized carbons (Fsp3) is 0.417. The van der Waals surface area contributed by atoms with Gasteiger partial charge in [-0.3, -0.25) is 4.79 Å². The van der Waals surface area contributed by atoms with E-state index >= 15 is 0 Å². The van der Waals surface area contributed by atoms with Crippen molar-refractivity contribution in [1.82, 2.24) is 4.90 Å². The van der Waals surface area contributed by atoms with Crippen LogP contribution in [0.5, 0.6) is 0 Å². The van der Waals surface area contributed by atoms with Crippen molar-refractivity contribution in [1.29, 1.82) is 0 Å². The summed E-state index contributed by atoms with van der Waals surface area (Å²) >= 11 is 0. The van der Waals surface area contributed by atoms with Crippen LogP contribution in [0.15, 0.2) is 30.3 Å². The lowest BCUT2D eigenvalue weighted by atomic mass is 10.1. The topological polar surface area (TPSA) is 29.5 Å². The molecule has 0 saturated carbocycles. The average molecular weight is 205 g/mol. The zero-order chi connectivity index (χ0) is 10.8. The fourth-order valence-electron chi connectivity index (χ4n) is 1.92. The molecule has 1 aliphatic heterocycles. The molecule has 1 amide bonds. The quantitative estimate of drug-likeness (QED) is 0.738. The normalized spacial score (nSPS) is 26.0. The highest BCUT2D eigenvalue weighted by molar-refractivity contribution is 5.84. The van der Waals surface area contributed by atoms with E-state index in [-0.39, 0.29) is 12.1 Å². The lowest BCUT2D eigenvalue weighted by Crippen LogP contribution is -2.31. The Morgan fingerprint density at radius 3 is 2.53 bits per heavy atom. The third-order valence-corrected chi connectivity index (χ3v) is 2.72. The van der Waals surface area contributed by atoms with Crippen LogP contribution in [0, 0.1) is 0 Å². The average Bonchev–Trinajstić information content (AvgIpc) is 2.55. The SMILES string of the molecule is CCN1C(=O)[C@H](c2ccccc2)O[C@@H]1C.